The number of amides is 1. The Labute approximate surface area is 193 Å². The number of hydrogen-bond donors (Lipinski definition) is 3. The van der Waals surface area contributed by atoms with Gasteiger partial charge in [-0.3, -0.25) is 9.59 Å². The number of hydrogen-bond acceptors (Lipinski definition) is 6. The van der Waals surface area contributed by atoms with Gasteiger partial charge in [-0.1, -0.05) is 18.2 Å². The highest BCUT2D eigenvalue weighted by atomic mass is 32.2. The number of carbonyl (C=O) groups is 3. The number of aliphatic carboxylic acids is 1. The van der Waals surface area contributed by atoms with Gasteiger partial charge in [0.15, 0.2) is 9.84 Å². The first-order chi connectivity index (χ1) is 16.0. The van der Waals surface area contributed by atoms with E-state index in [4.69, 9.17) is 5.73 Å². The fourth-order valence-corrected chi connectivity index (χ4v) is 4.83. The van der Waals surface area contributed by atoms with Crippen LogP contribution in [-0.4, -0.2) is 47.1 Å². The van der Waals surface area contributed by atoms with Gasteiger partial charge >= 0.3 is 5.97 Å². The summed E-state index contributed by atoms with van der Waals surface area (Å²) in [7, 11) is -3.46. The van der Waals surface area contributed by atoms with E-state index >= 15 is 0 Å². The minimum atomic E-state index is -3.46. The Morgan fingerprint density at radius 3 is 2.21 bits per heavy atom. The van der Waals surface area contributed by atoms with E-state index in [0.29, 0.717) is 27.5 Å². The lowest BCUT2D eigenvalue weighted by atomic mass is 9.97. The maximum Gasteiger partial charge on any atom is 0.377 e. The zero-order chi connectivity index (χ0) is 24.8. The quantitative estimate of drug-likeness (QED) is 0.270. The number of carbonyl (C=O) groups excluding carboxylic acids is 2. The number of aliphatic hydroxyl groups excluding tert-OH is 1. The molecule has 0 aliphatic carbocycles. The molecule has 0 fully saturated rings. The molecule has 0 aliphatic heterocycles. The number of carboxylic acids is 1. The van der Waals surface area contributed by atoms with Gasteiger partial charge in [-0.25, -0.2) is 13.2 Å². The Bertz CT molecular complexity index is 1620. The standard InChI is InChI=1S/C24H20N2O7S/c1-34(32,33)15-5-2-4-13(8-15)11-26-18-7-3-6-16(23(25)29)20(18)21-17(22(28)24(30)31)9-14(12-27)10-19(21)26/h2-10,27H,11-12H2,1H3,(H2,25,29)(H,30,31). The van der Waals surface area contributed by atoms with Gasteiger partial charge in [-0.05, 0) is 47.5 Å². The fourth-order valence-electron chi connectivity index (χ4n) is 4.14. The van der Waals surface area contributed by atoms with E-state index in [1.165, 1.54) is 24.3 Å². The maximum atomic E-state index is 12.6. The first-order valence-corrected chi connectivity index (χ1v) is 12.0. The van der Waals surface area contributed by atoms with Crippen molar-refractivity contribution >= 4 is 49.3 Å². The van der Waals surface area contributed by atoms with Crippen molar-refractivity contribution in [3.05, 3.63) is 76.9 Å². The number of aliphatic hydroxyl groups is 1. The summed E-state index contributed by atoms with van der Waals surface area (Å²) in [5.74, 6) is -3.64. The van der Waals surface area contributed by atoms with Crippen LogP contribution in [-0.2, 0) is 27.8 Å². The van der Waals surface area contributed by atoms with Gasteiger partial charge in [-0.15, -0.1) is 0 Å². The Balaban J connectivity index is 2.12. The summed E-state index contributed by atoms with van der Waals surface area (Å²) < 4.78 is 25.8. The summed E-state index contributed by atoms with van der Waals surface area (Å²) in [5, 5.41) is 19.7. The van der Waals surface area contributed by atoms with E-state index < -0.39 is 34.1 Å². The molecule has 4 aromatic rings. The molecule has 0 radical (unpaired) electrons. The predicted molar refractivity (Wildman–Crippen MR) is 125 cm³/mol. The van der Waals surface area contributed by atoms with Crippen molar-refractivity contribution in [1.82, 2.24) is 4.57 Å². The number of Topliss-reactive ketones (excluding diaryl/α,β-unsaturated/α-hetero) is 1. The number of rotatable bonds is 7. The van der Waals surface area contributed by atoms with E-state index in [1.807, 2.05) is 0 Å². The van der Waals surface area contributed by atoms with E-state index in [9.17, 15) is 33.0 Å². The third kappa shape index (κ3) is 3.93. The minimum Gasteiger partial charge on any atom is -0.475 e. The number of fused-ring (bicyclic) bond motifs is 3. The molecule has 3 aromatic carbocycles. The van der Waals surface area contributed by atoms with Crippen LogP contribution in [0.1, 0.15) is 31.8 Å². The average Bonchev–Trinajstić information content (AvgIpc) is 3.11. The summed E-state index contributed by atoms with van der Waals surface area (Å²) in [5.41, 5.74) is 7.30. The lowest BCUT2D eigenvalue weighted by Gasteiger charge is -2.11. The fraction of sp³-hybridized carbons (Fsp3) is 0.125. The minimum absolute atomic E-state index is 0.0994. The number of carboxylic acid groups (broad SMARTS) is 1. The second-order valence-electron chi connectivity index (χ2n) is 7.90. The second-order valence-corrected chi connectivity index (χ2v) is 9.92. The predicted octanol–water partition coefficient (Wildman–Crippen LogP) is 2.10. The molecule has 0 spiro atoms. The van der Waals surface area contributed by atoms with E-state index in [-0.39, 0.29) is 28.0 Å². The number of nitrogens with two attached hydrogens (primary N) is 1. The zero-order valence-electron chi connectivity index (χ0n) is 18.0. The largest absolute Gasteiger partial charge is 0.475 e. The van der Waals surface area contributed by atoms with Crippen LogP contribution in [0, 0.1) is 0 Å². The molecule has 0 saturated carbocycles. The third-order valence-electron chi connectivity index (χ3n) is 5.61. The molecule has 0 unspecified atom stereocenters. The number of ketones is 1. The van der Waals surface area contributed by atoms with Crippen LogP contribution in [0.15, 0.2) is 59.5 Å². The number of sulfone groups is 1. The summed E-state index contributed by atoms with van der Waals surface area (Å²) in [4.78, 5) is 36.5. The average molecular weight is 480 g/mol. The summed E-state index contributed by atoms with van der Waals surface area (Å²) in [6.07, 6.45) is 1.10. The molecule has 34 heavy (non-hydrogen) atoms. The van der Waals surface area contributed by atoms with Gasteiger partial charge in [0.1, 0.15) is 0 Å². The van der Waals surface area contributed by atoms with E-state index in [2.05, 4.69) is 0 Å². The molecular weight excluding hydrogens is 460 g/mol. The Morgan fingerprint density at radius 2 is 1.59 bits per heavy atom. The van der Waals surface area contributed by atoms with Crippen LogP contribution >= 0.6 is 0 Å². The maximum absolute atomic E-state index is 12.6. The normalized spacial score (nSPS) is 11.7. The van der Waals surface area contributed by atoms with Crippen molar-refractivity contribution in [3.63, 3.8) is 0 Å². The summed E-state index contributed by atoms with van der Waals surface area (Å²) >= 11 is 0. The second kappa shape index (κ2) is 8.40. The van der Waals surface area contributed by atoms with Crippen molar-refractivity contribution in [3.8, 4) is 0 Å². The van der Waals surface area contributed by atoms with Gasteiger partial charge in [0.05, 0.1) is 22.5 Å². The molecule has 4 rings (SSSR count). The van der Waals surface area contributed by atoms with Crippen molar-refractivity contribution in [2.24, 2.45) is 5.73 Å². The molecule has 174 valence electrons. The number of primary amides is 1. The molecule has 0 bridgehead atoms. The van der Waals surface area contributed by atoms with Crippen LogP contribution in [0.4, 0.5) is 0 Å². The van der Waals surface area contributed by atoms with Crippen LogP contribution in [0.25, 0.3) is 21.8 Å². The lowest BCUT2D eigenvalue weighted by molar-refractivity contribution is -0.131. The molecule has 10 heteroatoms. The van der Waals surface area contributed by atoms with Crippen molar-refractivity contribution in [1.29, 1.82) is 0 Å². The Kier molecular flexibility index (Phi) is 5.72. The van der Waals surface area contributed by atoms with E-state index in [0.717, 1.165) is 6.26 Å². The van der Waals surface area contributed by atoms with Crippen LogP contribution in [0.2, 0.25) is 0 Å². The monoisotopic (exact) mass is 480 g/mol. The molecule has 1 amide bonds. The zero-order valence-corrected chi connectivity index (χ0v) is 18.8. The highest BCUT2D eigenvalue weighted by Gasteiger charge is 2.25. The number of benzene rings is 3. The van der Waals surface area contributed by atoms with Gasteiger partial charge < -0.3 is 20.5 Å². The highest BCUT2D eigenvalue weighted by Crippen LogP contribution is 2.36. The number of nitrogens with zero attached hydrogens (tertiary/aromatic N) is 1. The Morgan fingerprint density at radius 1 is 0.912 bits per heavy atom. The first kappa shape index (κ1) is 23.1. The third-order valence-corrected chi connectivity index (χ3v) is 6.72. The van der Waals surface area contributed by atoms with Gasteiger partial charge in [0.2, 0.25) is 5.91 Å². The highest BCUT2D eigenvalue weighted by molar-refractivity contribution is 7.90. The van der Waals surface area contributed by atoms with Gasteiger partial charge in [0.25, 0.3) is 5.78 Å². The van der Waals surface area contributed by atoms with Crippen LogP contribution in [0.3, 0.4) is 0 Å². The van der Waals surface area contributed by atoms with Gasteiger partial charge in [0, 0.05) is 34.7 Å². The van der Waals surface area contributed by atoms with E-state index in [1.54, 1.807) is 34.9 Å². The number of aromatic nitrogens is 1. The smallest absolute Gasteiger partial charge is 0.377 e. The molecule has 1 heterocycles. The topological polar surface area (TPSA) is 157 Å². The molecule has 1 aromatic heterocycles. The molecule has 0 atom stereocenters. The molecule has 0 saturated heterocycles. The molecule has 4 N–H and O–H groups in total. The first-order valence-electron chi connectivity index (χ1n) is 10.1. The van der Waals surface area contributed by atoms with Crippen molar-refractivity contribution in [2.75, 3.05) is 6.26 Å². The molecular formula is C24H20N2O7S. The van der Waals surface area contributed by atoms with Crippen LogP contribution in [0.5, 0.6) is 0 Å². The SMILES string of the molecule is CS(=O)(=O)c1cccc(Cn2c3cccc(C(N)=O)c3c3c(C(=O)C(=O)O)cc(CO)cc32)c1. The Hall–Kier alpha value is -4.02. The summed E-state index contributed by atoms with van der Waals surface area (Å²) in [6, 6.07) is 14.0. The van der Waals surface area contributed by atoms with Gasteiger partial charge in [-0.2, -0.15) is 0 Å². The lowest BCUT2D eigenvalue weighted by Crippen LogP contribution is -2.14. The molecule has 0 aliphatic rings. The van der Waals surface area contributed by atoms with Crippen molar-refractivity contribution in [2.45, 2.75) is 18.0 Å². The molecule has 9 nitrogen and oxygen atoms in total. The summed E-state index contributed by atoms with van der Waals surface area (Å²) in [6.45, 7) is -0.315. The van der Waals surface area contributed by atoms with Crippen molar-refractivity contribution < 1.29 is 33.0 Å². The van der Waals surface area contributed by atoms with Crippen LogP contribution < -0.4 is 5.73 Å².